The number of phenolic OH excluding ortho intramolecular Hbond substituents is 1. The lowest BCUT2D eigenvalue weighted by Gasteiger charge is -2.35. The molecule has 146 valence electrons. The Morgan fingerprint density at radius 1 is 0.778 bits per heavy atom. The molecule has 0 bridgehead atoms. The molecule has 2 aromatic carbocycles. The summed E-state index contributed by atoms with van der Waals surface area (Å²) in [6.07, 6.45) is 0. The molecular weight excluding hydrogens is 344 g/mol. The van der Waals surface area contributed by atoms with Crippen LogP contribution in [0.15, 0.2) is 36.4 Å². The van der Waals surface area contributed by atoms with Gasteiger partial charge in [-0.2, -0.15) is 0 Å². The molecule has 1 heterocycles. The van der Waals surface area contributed by atoms with Gasteiger partial charge >= 0.3 is 0 Å². The van der Waals surface area contributed by atoms with Crippen LogP contribution >= 0.6 is 0 Å². The molecule has 0 aromatic heterocycles. The topological polar surface area (TPSA) is 54.4 Å². The summed E-state index contributed by atoms with van der Waals surface area (Å²) in [6.45, 7) is 5.68. The summed E-state index contributed by atoms with van der Waals surface area (Å²) in [4.78, 5) is 4.86. The molecule has 0 spiro atoms. The van der Waals surface area contributed by atoms with E-state index in [1.807, 2.05) is 24.3 Å². The van der Waals surface area contributed by atoms with E-state index in [-0.39, 0.29) is 5.75 Å². The van der Waals surface area contributed by atoms with Gasteiger partial charge in [0.05, 0.1) is 21.3 Å². The second-order valence-electron chi connectivity index (χ2n) is 6.71. The Kier molecular flexibility index (Phi) is 6.42. The van der Waals surface area contributed by atoms with Crippen molar-refractivity contribution in [3.05, 3.63) is 47.5 Å². The average molecular weight is 372 g/mol. The normalized spacial score (nSPS) is 15.5. The van der Waals surface area contributed by atoms with Crippen molar-refractivity contribution in [2.24, 2.45) is 0 Å². The van der Waals surface area contributed by atoms with Crippen molar-refractivity contribution in [1.29, 1.82) is 0 Å². The summed E-state index contributed by atoms with van der Waals surface area (Å²) in [5, 5.41) is 10.1. The van der Waals surface area contributed by atoms with Crippen LogP contribution in [0.2, 0.25) is 0 Å². The summed E-state index contributed by atoms with van der Waals surface area (Å²) in [7, 11) is 4.82. The molecule has 1 fully saturated rings. The lowest BCUT2D eigenvalue weighted by molar-refractivity contribution is 0.121. The zero-order valence-corrected chi connectivity index (χ0v) is 16.3. The monoisotopic (exact) mass is 372 g/mol. The van der Waals surface area contributed by atoms with Crippen LogP contribution in [0.25, 0.3) is 0 Å². The van der Waals surface area contributed by atoms with Crippen LogP contribution in [0.4, 0.5) is 0 Å². The van der Waals surface area contributed by atoms with E-state index >= 15 is 0 Å². The van der Waals surface area contributed by atoms with Gasteiger partial charge in [-0.1, -0.05) is 18.2 Å². The summed E-state index contributed by atoms with van der Waals surface area (Å²) in [5.41, 5.74) is 2.29. The van der Waals surface area contributed by atoms with Crippen molar-refractivity contribution < 1.29 is 19.3 Å². The number of hydrogen-bond acceptors (Lipinski definition) is 6. The number of methoxy groups -OCH3 is 3. The van der Waals surface area contributed by atoms with Gasteiger partial charge in [-0.3, -0.25) is 9.80 Å². The van der Waals surface area contributed by atoms with Crippen molar-refractivity contribution in [3.63, 3.8) is 0 Å². The molecule has 0 radical (unpaired) electrons. The molecule has 1 aliphatic rings. The Morgan fingerprint density at radius 2 is 1.30 bits per heavy atom. The van der Waals surface area contributed by atoms with E-state index in [1.54, 1.807) is 21.3 Å². The first-order valence-corrected chi connectivity index (χ1v) is 9.15. The zero-order valence-electron chi connectivity index (χ0n) is 16.3. The second-order valence-corrected chi connectivity index (χ2v) is 6.71. The van der Waals surface area contributed by atoms with Crippen LogP contribution in [0.1, 0.15) is 11.1 Å². The van der Waals surface area contributed by atoms with Gasteiger partial charge in [0.25, 0.3) is 0 Å². The first-order valence-electron chi connectivity index (χ1n) is 9.15. The Balaban J connectivity index is 1.58. The fourth-order valence-electron chi connectivity index (χ4n) is 3.48. The molecular formula is C21H28N2O4. The molecule has 1 N–H and O–H groups in total. The van der Waals surface area contributed by atoms with Crippen molar-refractivity contribution in [2.45, 2.75) is 13.1 Å². The molecule has 0 atom stereocenters. The number of para-hydroxylation sites is 1. The highest BCUT2D eigenvalue weighted by Crippen LogP contribution is 2.37. The van der Waals surface area contributed by atoms with Gasteiger partial charge in [0.1, 0.15) is 5.75 Å². The van der Waals surface area contributed by atoms with Gasteiger partial charge in [-0.15, -0.1) is 0 Å². The third-order valence-corrected chi connectivity index (χ3v) is 5.00. The van der Waals surface area contributed by atoms with Crippen LogP contribution in [-0.4, -0.2) is 62.4 Å². The molecule has 1 saturated heterocycles. The van der Waals surface area contributed by atoms with E-state index in [2.05, 4.69) is 21.9 Å². The molecule has 6 nitrogen and oxygen atoms in total. The maximum atomic E-state index is 10.1. The minimum Gasteiger partial charge on any atom is -0.502 e. The van der Waals surface area contributed by atoms with Gasteiger partial charge in [0, 0.05) is 44.8 Å². The highest BCUT2D eigenvalue weighted by Gasteiger charge is 2.19. The van der Waals surface area contributed by atoms with E-state index in [0.29, 0.717) is 11.5 Å². The minimum atomic E-state index is 0.0466. The van der Waals surface area contributed by atoms with E-state index in [9.17, 15) is 5.11 Å². The number of rotatable bonds is 7. The largest absolute Gasteiger partial charge is 0.502 e. The zero-order chi connectivity index (χ0) is 19.2. The SMILES string of the molecule is COc1ccccc1CN1CCN(Cc2cc(OC)c(O)c(OC)c2)CC1. The second kappa shape index (κ2) is 8.97. The summed E-state index contributed by atoms with van der Waals surface area (Å²) < 4.78 is 16.0. The number of phenols is 1. The molecule has 0 unspecified atom stereocenters. The minimum absolute atomic E-state index is 0.0466. The predicted octanol–water partition coefficient (Wildman–Crippen LogP) is 2.74. The third-order valence-electron chi connectivity index (χ3n) is 5.00. The number of ether oxygens (including phenoxy) is 3. The van der Waals surface area contributed by atoms with Gasteiger partial charge in [-0.25, -0.2) is 0 Å². The van der Waals surface area contributed by atoms with E-state index in [4.69, 9.17) is 14.2 Å². The Hall–Kier alpha value is -2.44. The number of nitrogens with zero attached hydrogens (tertiary/aromatic N) is 2. The fourth-order valence-corrected chi connectivity index (χ4v) is 3.48. The standard InChI is InChI=1S/C21H28N2O4/c1-25-18-7-5-4-6-17(18)15-23-10-8-22(9-11-23)14-16-12-19(26-2)21(24)20(13-16)27-3/h4-7,12-13,24H,8-11,14-15H2,1-3H3. The Morgan fingerprint density at radius 3 is 1.85 bits per heavy atom. The van der Waals surface area contributed by atoms with Gasteiger partial charge in [0.15, 0.2) is 11.5 Å². The number of benzene rings is 2. The van der Waals surface area contributed by atoms with E-state index in [0.717, 1.165) is 50.6 Å². The molecule has 2 aromatic rings. The molecule has 6 heteroatoms. The molecule has 0 aliphatic carbocycles. The maximum Gasteiger partial charge on any atom is 0.200 e. The maximum absolute atomic E-state index is 10.1. The first-order chi connectivity index (χ1) is 13.1. The van der Waals surface area contributed by atoms with Crippen LogP contribution in [0.5, 0.6) is 23.0 Å². The van der Waals surface area contributed by atoms with Gasteiger partial charge < -0.3 is 19.3 Å². The molecule has 3 rings (SSSR count). The van der Waals surface area contributed by atoms with Crippen LogP contribution in [0, 0.1) is 0 Å². The molecule has 0 saturated carbocycles. The number of hydrogen-bond donors (Lipinski definition) is 1. The highest BCUT2D eigenvalue weighted by molar-refractivity contribution is 5.52. The average Bonchev–Trinajstić information content (AvgIpc) is 2.71. The lowest BCUT2D eigenvalue weighted by atomic mass is 10.1. The summed E-state index contributed by atoms with van der Waals surface area (Å²) >= 11 is 0. The predicted molar refractivity (Wildman–Crippen MR) is 105 cm³/mol. The lowest BCUT2D eigenvalue weighted by Crippen LogP contribution is -2.45. The summed E-state index contributed by atoms with van der Waals surface area (Å²) in [6, 6.07) is 11.9. The molecule has 1 aliphatic heterocycles. The van der Waals surface area contributed by atoms with Crippen molar-refractivity contribution in [2.75, 3.05) is 47.5 Å². The smallest absolute Gasteiger partial charge is 0.200 e. The van der Waals surface area contributed by atoms with E-state index in [1.165, 1.54) is 5.56 Å². The van der Waals surface area contributed by atoms with Crippen molar-refractivity contribution >= 4 is 0 Å². The molecule has 27 heavy (non-hydrogen) atoms. The van der Waals surface area contributed by atoms with Crippen LogP contribution in [-0.2, 0) is 13.1 Å². The van der Waals surface area contributed by atoms with E-state index < -0.39 is 0 Å². The van der Waals surface area contributed by atoms with Crippen molar-refractivity contribution in [1.82, 2.24) is 9.80 Å². The third kappa shape index (κ3) is 4.64. The summed E-state index contributed by atoms with van der Waals surface area (Å²) in [5.74, 6) is 1.88. The Bertz CT molecular complexity index is 733. The van der Waals surface area contributed by atoms with Crippen molar-refractivity contribution in [3.8, 4) is 23.0 Å². The fraction of sp³-hybridized carbons (Fsp3) is 0.429. The van der Waals surface area contributed by atoms with Gasteiger partial charge in [-0.05, 0) is 23.8 Å². The number of piperazine rings is 1. The number of aromatic hydroxyl groups is 1. The van der Waals surface area contributed by atoms with Crippen LogP contribution in [0.3, 0.4) is 0 Å². The van der Waals surface area contributed by atoms with Crippen LogP contribution < -0.4 is 14.2 Å². The molecule has 0 amide bonds. The highest BCUT2D eigenvalue weighted by atomic mass is 16.5. The Labute approximate surface area is 160 Å². The first kappa shape index (κ1) is 19.3. The quantitative estimate of drug-likeness (QED) is 0.807. The van der Waals surface area contributed by atoms with Gasteiger partial charge in [0.2, 0.25) is 5.75 Å².